The molecule has 36 heavy (non-hydrogen) atoms. The number of halogens is 5. The van der Waals surface area contributed by atoms with Crippen molar-refractivity contribution in [2.45, 2.75) is 45.5 Å². The van der Waals surface area contributed by atoms with E-state index in [1.165, 1.54) is 14.0 Å². The molecule has 0 amide bonds. The van der Waals surface area contributed by atoms with Gasteiger partial charge in [0, 0.05) is 23.4 Å². The molecule has 6 nitrogen and oxygen atoms in total. The van der Waals surface area contributed by atoms with Gasteiger partial charge in [0.25, 0.3) is 0 Å². The van der Waals surface area contributed by atoms with E-state index in [1.807, 2.05) is 13.0 Å². The van der Waals surface area contributed by atoms with Crippen LogP contribution in [0.3, 0.4) is 0 Å². The number of ether oxygens (including phenoxy) is 3. The fourth-order valence-corrected chi connectivity index (χ4v) is 4.00. The second kappa shape index (κ2) is 9.79. The summed E-state index contributed by atoms with van der Waals surface area (Å²) in [5.74, 6) is -0.756. The van der Waals surface area contributed by atoms with Crippen molar-refractivity contribution in [1.82, 2.24) is 9.97 Å². The van der Waals surface area contributed by atoms with Crippen LogP contribution >= 0.6 is 0 Å². The molecule has 0 bridgehead atoms. The number of rotatable bonds is 7. The lowest BCUT2D eigenvalue weighted by atomic mass is 10.0. The fraction of sp³-hybridized carbons (Fsp3) is 0.360. The van der Waals surface area contributed by atoms with Crippen molar-refractivity contribution >= 4 is 16.7 Å². The molecule has 11 heteroatoms. The van der Waals surface area contributed by atoms with Gasteiger partial charge in [-0.3, -0.25) is 0 Å². The molecule has 2 heterocycles. The lowest BCUT2D eigenvalue weighted by Crippen LogP contribution is -2.17. The smallest absolute Gasteiger partial charge is 0.419 e. The number of aryl methyl sites for hydroxylation is 1. The van der Waals surface area contributed by atoms with Gasteiger partial charge in [-0.05, 0) is 45.0 Å². The SMILES string of the molecule is COc1cc2nc(C)nc(N[C@H](C)c3cc(F)cc(C(F)(F)F)c3F)c2cc1OC(C)C1=CCCO1. The Labute approximate surface area is 204 Å². The molecule has 2 atom stereocenters. The first-order chi connectivity index (χ1) is 17.0. The van der Waals surface area contributed by atoms with Crippen LogP contribution < -0.4 is 14.8 Å². The lowest BCUT2D eigenvalue weighted by molar-refractivity contribution is -0.140. The van der Waals surface area contributed by atoms with Crippen LogP contribution in [0.1, 0.15) is 43.3 Å². The largest absolute Gasteiger partial charge is 0.494 e. The van der Waals surface area contributed by atoms with Crippen LogP contribution in [0.5, 0.6) is 11.5 Å². The maximum atomic E-state index is 14.7. The minimum Gasteiger partial charge on any atom is -0.494 e. The normalized spacial score (nSPS) is 15.3. The van der Waals surface area contributed by atoms with Gasteiger partial charge >= 0.3 is 6.18 Å². The van der Waals surface area contributed by atoms with Crippen molar-refractivity contribution in [3.8, 4) is 11.5 Å². The summed E-state index contributed by atoms with van der Waals surface area (Å²) in [5.41, 5.74) is -1.70. The number of methoxy groups -OCH3 is 1. The number of nitrogens with zero attached hydrogens (tertiary/aromatic N) is 2. The Morgan fingerprint density at radius 3 is 2.44 bits per heavy atom. The zero-order valence-corrected chi connectivity index (χ0v) is 20.0. The fourth-order valence-electron chi connectivity index (χ4n) is 4.00. The zero-order valence-electron chi connectivity index (χ0n) is 20.0. The molecule has 2 aromatic carbocycles. The van der Waals surface area contributed by atoms with Gasteiger partial charge in [0.1, 0.15) is 29.0 Å². The molecule has 0 radical (unpaired) electrons. The third-order valence-corrected chi connectivity index (χ3v) is 5.72. The Morgan fingerprint density at radius 2 is 1.81 bits per heavy atom. The van der Waals surface area contributed by atoms with E-state index in [0.717, 1.165) is 12.5 Å². The Bertz CT molecular complexity index is 1330. The van der Waals surface area contributed by atoms with E-state index in [0.29, 0.717) is 40.6 Å². The maximum absolute atomic E-state index is 14.7. The number of benzene rings is 2. The summed E-state index contributed by atoms with van der Waals surface area (Å²) in [4.78, 5) is 8.75. The lowest BCUT2D eigenvalue weighted by Gasteiger charge is -2.21. The first-order valence-electron chi connectivity index (χ1n) is 11.2. The summed E-state index contributed by atoms with van der Waals surface area (Å²) in [7, 11) is 1.48. The van der Waals surface area contributed by atoms with E-state index in [1.54, 1.807) is 19.1 Å². The van der Waals surface area contributed by atoms with Crippen molar-refractivity contribution in [3.63, 3.8) is 0 Å². The Hall–Kier alpha value is -3.63. The summed E-state index contributed by atoms with van der Waals surface area (Å²) < 4.78 is 85.4. The number of aromatic nitrogens is 2. The van der Waals surface area contributed by atoms with Crippen molar-refractivity contribution < 1.29 is 36.2 Å². The monoisotopic (exact) mass is 509 g/mol. The molecule has 1 unspecified atom stereocenters. The predicted octanol–water partition coefficient (Wildman–Crippen LogP) is 6.49. The van der Waals surface area contributed by atoms with Gasteiger partial charge in [0.15, 0.2) is 17.6 Å². The Morgan fingerprint density at radius 1 is 1.06 bits per heavy atom. The quantitative estimate of drug-likeness (QED) is 0.368. The van der Waals surface area contributed by atoms with Gasteiger partial charge in [-0.15, -0.1) is 0 Å². The average Bonchev–Trinajstić information content (AvgIpc) is 3.34. The first kappa shape index (κ1) is 25.5. The molecule has 1 aliphatic rings. The summed E-state index contributed by atoms with van der Waals surface area (Å²) in [5, 5.41) is 3.35. The molecule has 1 N–H and O–H groups in total. The van der Waals surface area contributed by atoms with Crippen LogP contribution in [0.2, 0.25) is 0 Å². The second-order valence-electron chi connectivity index (χ2n) is 8.36. The van der Waals surface area contributed by atoms with Crippen LogP contribution in [0.4, 0.5) is 27.8 Å². The van der Waals surface area contributed by atoms with Crippen molar-refractivity contribution in [2.75, 3.05) is 19.0 Å². The molecule has 0 saturated heterocycles. The topological polar surface area (TPSA) is 65.5 Å². The number of alkyl halides is 3. The summed E-state index contributed by atoms with van der Waals surface area (Å²) in [6.07, 6.45) is -2.74. The number of fused-ring (bicyclic) bond motifs is 1. The molecule has 0 saturated carbocycles. The molecular weight excluding hydrogens is 485 g/mol. The molecule has 0 fully saturated rings. The van der Waals surface area contributed by atoms with Gasteiger partial charge in [-0.1, -0.05) is 0 Å². The number of nitrogens with one attached hydrogen (secondary N) is 1. The van der Waals surface area contributed by atoms with E-state index in [-0.39, 0.29) is 11.9 Å². The molecule has 192 valence electrons. The molecule has 1 aliphatic heterocycles. The van der Waals surface area contributed by atoms with Gasteiger partial charge < -0.3 is 19.5 Å². The van der Waals surface area contributed by atoms with Crippen molar-refractivity contribution in [3.05, 3.63) is 64.7 Å². The minimum absolute atomic E-state index is 0.135. The van der Waals surface area contributed by atoms with E-state index in [4.69, 9.17) is 14.2 Å². The van der Waals surface area contributed by atoms with Gasteiger partial charge in [0.05, 0.1) is 30.8 Å². The zero-order chi connectivity index (χ0) is 26.2. The van der Waals surface area contributed by atoms with Gasteiger partial charge in [-0.25, -0.2) is 18.7 Å². The summed E-state index contributed by atoms with van der Waals surface area (Å²) in [6.45, 7) is 5.43. The number of hydrogen-bond acceptors (Lipinski definition) is 6. The highest BCUT2D eigenvalue weighted by atomic mass is 19.4. The van der Waals surface area contributed by atoms with E-state index < -0.39 is 41.1 Å². The third-order valence-electron chi connectivity index (χ3n) is 5.72. The molecule has 3 aromatic rings. The molecule has 0 spiro atoms. The molecular formula is C25H24F5N3O3. The van der Waals surface area contributed by atoms with Crippen molar-refractivity contribution in [1.29, 1.82) is 0 Å². The van der Waals surface area contributed by atoms with Crippen LogP contribution in [-0.2, 0) is 10.9 Å². The molecule has 4 rings (SSSR count). The van der Waals surface area contributed by atoms with Gasteiger partial charge in [0.2, 0.25) is 0 Å². The maximum Gasteiger partial charge on any atom is 0.419 e. The summed E-state index contributed by atoms with van der Waals surface area (Å²) in [6, 6.07) is 3.05. The van der Waals surface area contributed by atoms with E-state index in [2.05, 4.69) is 15.3 Å². The molecule has 0 aliphatic carbocycles. The highest BCUT2D eigenvalue weighted by Crippen LogP contribution is 2.38. The van der Waals surface area contributed by atoms with Gasteiger partial charge in [-0.2, -0.15) is 13.2 Å². The van der Waals surface area contributed by atoms with Crippen LogP contribution in [-0.4, -0.2) is 29.8 Å². The van der Waals surface area contributed by atoms with Crippen molar-refractivity contribution in [2.24, 2.45) is 0 Å². The average molecular weight is 509 g/mol. The highest BCUT2D eigenvalue weighted by Gasteiger charge is 2.36. The molecule has 1 aromatic heterocycles. The van der Waals surface area contributed by atoms with Crippen LogP contribution in [0, 0.1) is 18.6 Å². The van der Waals surface area contributed by atoms with Crippen LogP contribution in [0.15, 0.2) is 36.1 Å². The standard InChI is InChI=1S/C25H24F5N3O3/c1-12(16-8-15(26)9-18(23(16)27)25(28,29)30)31-24-17-10-22(36-13(2)20-6-5-7-35-20)21(34-4)11-19(17)32-14(3)33-24/h6,8-13H,5,7H2,1-4H3,(H,31,32,33)/t12-,13?/m1/s1. The second-order valence-corrected chi connectivity index (χ2v) is 8.36. The number of hydrogen-bond donors (Lipinski definition) is 1. The Kier molecular flexibility index (Phi) is 6.92. The first-order valence-corrected chi connectivity index (χ1v) is 11.2. The summed E-state index contributed by atoms with van der Waals surface area (Å²) >= 11 is 0. The predicted molar refractivity (Wildman–Crippen MR) is 123 cm³/mol. The van der Waals surface area contributed by atoms with E-state index in [9.17, 15) is 22.0 Å². The number of anilines is 1. The van der Waals surface area contributed by atoms with E-state index >= 15 is 0 Å². The Balaban J connectivity index is 1.74. The third kappa shape index (κ3) is 5.14. The highest BCUT2D eigenvalue weighted by molar-refractivity contribution is 5.92. The van der Waals surface area contributed by atoms with Crippen LogP contribution in [0.25, 0.3) is 10.9 Å². The minimum atomic E-state index is -5.04.